The van der Waals surface area contributed by atoms with Gasteiger partial charge in [0.2, 0.25) is 5.88 Å². The van der Waals surface area contributed by atoms with Crippen molar-refractivity contribution in [2.24, 2.45) is 5.92 Å². The molecule has 15 heteroatoms. The molecule has 0 saturated carbocycles. The highest BCUT2D eigenvalue weighted by Crippen LogP contribution is 2.42. The lowest BCUT2D eigenvalue weighted by Crippen LogP contribution is -2.37. The first-order valence-corrected chi connectivity index (χ1v) is 14.4. The molecule has 3 atom stereocenters. The van der Waals surface area contributed by atoms with E-state index in [1.807, 2.05) is 0 Å². The molecule has 3 aliphatic heterocycles. The summed E-state index contributed by atoms with van der Waals surface area (Å²) in [4.78, 5) is 47.2. The molecule has 0 bridgehead atoms. The highest BCUT2D eigenvalue weighted by atomic mass is 19.1. The second-order valence-corrected chi connectivity index (χ2v) is 11.9. The number of halogens is 1. The average molecular weight is 626 g/mol. The quantitative estimate of drug-likeness (QED) is 0.345. The number of nitrogens with one attached hydrogen (secondary N) is 2. The van der Waals surface area contributed by atoms with Crippen LogP contribution in [0.5, 0.6) is 5.88 Å². The van der Waals surface area contributed by atoms with E-state index in [-0.39, 0.29) is 71.6 Å². The van der Waals surface area contributed by atoms with E-state index in [4.69, 9.17) is 23.7 Å². The van der Waals surface area contributed by atoms with Crippen LogP contribution in [0.25, 0.3) is 21.9 Å². The van der Waals surface area contributed by atoms with Gasteiger partial charge in [0.25, 0.3) is 0 Å². The monoisotopic (exact) mass is 625 g/mol. The Morgan fingerprint density at radius 1 is 1.07 bits per heavy atom. The first kappa shape index (κ1) is 30.3. The zero-order valence-corrected chi connectivity index (χ0v) is 25.0. The lowest BCUT2D eigenvalue weighted by molar-refractivity contribution is -0.0907. The van der Waals surface area contributed by atoms with Crippen LogP contribution in [0.3, 0.4) is 0 Å². The first-order valence-electron chi connectivity index (χ1n) is 14.4. The van der Waals surface area contributed by atoms with E-state index in [1.165, 1.54) is 24.5 Å². The summed E-state index contributed by atoms with van der Waals surface area (Å²) in [5, 5.41) is 15.5. The maximum atomic E-state index is 16.4. The fraction of sp³-hybridized carbons (Fsp3) is 0.433. The maximum Gasteiger partial charge on any atom is 0.413 e. The molecule has 0 aliphatic carbocycles. The Morgan fingerprint density at radius 3 is 2.62 bits per heavy atom. The minimum atomic E-state index is -1.21. The van der Waals surface area contributed by atoms with Gasteiger partial charge >= 0.3 is 18.3 Å². The third kappa shape index (κ3) is 6.00. The number of hydrogen-bond acceptors (Lipinski definition) is 10. The predicted octanol–water partition coefficient (Wildman–Crippen LogP) is 5.28. The van der Waals surface area contributed by atoms with Crippen LogP contribution in [0.1, 0.15) is 32.8 Å². The Bertz CT molecular complexity index is 1690. The van der Waals surface area contributed by atoms with Gasteiger partial charge in [0.1, 0.15) is 29.8 Å². The van der Waals surface area contributed by atoms with Gasteiger partial charge in [-0.3, -0.25) is 15.5 Å². The molecular formula is C30H32FN5O9. The fourth-order valence-electron chi connectivity index (χ4n) is 5.68. The zero-order chi connectivity index (χ0) is 32.0. The van der Waals surface area contributed by atoms with Gasteiger partial charge in [0.15, 0.2) is 12.1 Å². The van der Waals surface area contributed by atoms with Crippen LogP contribution in [-0.4, -0.2) is 77.7 Å². The number of aromatic nitrogens is 2. The molecule has 0 radical (unpaired) electrons. The molecule has 6 rings (SSSR count). The molecule has 0 spiro atoms. The molecule has 3 aliphatic rings. The van der Waals surface area contributed by atoms with Crippen LogP contribution in [0.15, 0.2) is 24.5 Å². The van der Waals surface area contributed by atoms with E-state index in [0.717, 1.165) is 4.90 Å². The summed E-state index contributed by atoms with van der Waals surface area (Å²) in [6, 6.07) is 3.00. The van der Waals surface area contributed by atoms with E-state index < -0.39 is 35.8 Å². The van der Waals surface area contributed by atoms with Gasteiger partial charge in [-0.05, 0) is 57.2 Å². The zero-order valence-electron chi connectivity index (χ0n) is 25.0. The van der Waals surface area contributed by atoms with Crippen molar-refractivity contribution >= 4 is 46.2 Å². The summed E-state index contributed by atoms with van der Waals surface area (Å²) >= 11 is 0. The number of hydrogen-bond donors (Lipinski definition) is 3. The lowest BCUT2D eigenvalue weighted by Gasteiger charge is -2.29. The summed E-state index contributed by atoms with van der Waals surface area (Å²) in [5.41, 5.74) is -0.231. The SMILES string of the molecule is Cc1c(-c2cc3cc(NC(=O)O[C@@H]4CO[C@H]5OCC[C@H]54)ncc3c(NC(=O)OC(C)(C)C)c2F)cnc2c1N(C(=O)O)CCO2. The molecule has 5 heterocycles. The Labute approximate surface area is 256 Å². The van der Waals surface area contributed by atoms with Gasteiger partial charge < -0.3 is 28.8 Å². The number of anilines is 3. The highest BCUT2D eigenvalue weighted by Gasteiger charge is 2.44. The van der Waals surface area contributed by atoms with Crippen LogP contribution in [-0.2, 0) is 18.9 Å². The van der Waals surface area contributed by atoms with Crippen molar-refractivity contribution < 1.29 is 47.6 Å². The molecule has 3 aromatic rings. The maximum absolute atomic E-state index is 16.4. The summed E-state index contributed by atoms with van der Waals surface area (Å²) < 4.78 is 43.9. The van der Waals surface area contributed by atoms with Crippen molar-refractivity contribution in [3.05, 3.63) is 35.9 Å². The molecule has 2 fully saturated rings. The van der Waals surface area contributed by atoms with E-state index in [9.17, 15) is 19.5 Å². The minimum absolute atomic E-state index is 0.00683. The number of fused-ring (bicyclic) bond motifs is 3. The molecule has 14 nitrogen and oxygen atoms in total. The van der Waals surface area contributed by atoms with Crippen LogP contribution in [0.4, 0.5) is 36.0 Å². The normalized spacial score (nSPS) is 20.6. The summed E-state index contributed by atoms with van der Waals surface area (Å²) in [6.45, 7) is 7.58. The van der Waals surface area contributed by atoms with Gasteiger partial charge in [-0.2, -0.15) is 0 Å². The number of ether oxygens (including phenoxy) is 5. The summed E-state index contributed by atoms with van der Waals surface area (Å²) in [6.07, 6.45) is -0.318. The van der Waals surface area contributed by atoms with E-state index >= 15 is 4.39 Å². The third-order valence-corrected chi connectivity index (χ3v) is 7.68. The largest absolute Gasteiger partial charge is 0.474 e. The predicted molar refractivity (Wildman–Crippen MR) is 158 cm³/mol. The Balaban J connectivity index is 1.39. The second-order valence-electron chi connectivity index (χ2n) is 11.9. The molecule has 3 N–H and O–H groups in total. The average Bonchev–Trinajstić information content (AvgIpc) is 3.59. The smallest absolute Gasteiger partial charge is 0.413 e. The highest BCUT2D eigenvalue weighted by molar-refractivity contribution is 6.04. The Hall–Kier alpha value is -4.76. The van der Waals surface area contributed by atoms with Crippen molar-refractivity contribution in [3.63, 3.8) is 0 Å². The number of nitrogens with zero attached hydrogens (tertiary/aromatic N) is 3. The number of carbonyl (C=O) groups is 3. The molecule has 238 valence electrons. The molecule has 2 aromatic heterocycles. The van der Waals surface area contributed by atoms with Crippen molar-refractivity contribution in [1.29, 1.82) is 0 Å². The van der Waals surface area contributed by atoms with Gasteiger partial charge in [-0.1, -0.05) is 0 Å². The first-order chi connectivity index (χ1) is 21.4. The number of carbonyl (C=O) groups excluding carboxylic acids is 2. The number of benzene rings is 1. The van der Waals surface area contributed by atoms with Gasteiger partial charge in [-0.15, -0.1) is 0 Å². The van der Waals surface area contributed by atoms with Gasteiger partial charge in [0.05, 0.1) is 31.4 Å². The number of rotatable bonds is 4. The van der Waals surface area contributed by atoms with Crippen molar-refractivity contribution in [1.82, 2.24) is 9.97 Å². The molecule has 0 unspecified atom stereocenters. The molecule has 45 heavy (non-hydrogen) atoms. The van der Waals surface area contributed by atoms with E-state index in [0.29, 0.717) is 24.0 Å². The standard InChI is InChI=1S/C30H32FN5O9/c1-14-18(11-33-25-24(14)36(29(39)40)6-8-41-25)17-9-15-10-21(34-27(37)44-20-13-43-26-16(20)5-7-42-26)32-12-19(15)23(22(17)31)35-28(38)45-30(2,3)4/h9-12,16,20,26H,5-8,13H2,1-4H3,(H,35,38)(H,39,40)(H,32,34,37)/t16-,20+,26+/m0/s1. The summed E-state index contributed by atoms with van der Waals surface area (Å²) in [7, 11) is 0. The fourth-order valence-corrected chi connectivity index (χ4v) is 5.68. The number of carboxylic acid groups (broad SMARTS) is 1. The minimum Gasteiger partial charge on any atom is -0.474 e. The van der Waals surface area contributed by atoms with E-state index in [2.05, 4.69) is 20.6 Å². The van der Waals surface area contributed by atoms with Gasteiger partial charge in [-0.25, -0.2) is 28.7 Å². The lowest BCUT2D eigenvalue weighted by atomic mass is 9.96. The topological polar surface area (TPSA) is 171 Å². The molecular weight excluding hydrogens is 593 g/mol. The van der Waals surface area contributed by atoms with Crippen LogP contribution in [0, 0.1) is 18.7 Å². The van der Waals surface area contributed by atoms with E-state index in [1.54, 1.807) is 27.7 Å². The molecule has 3 amide bonds. The van der Waals surface area contributed by atoms with Crippen molar-refractivity contribution in [2.75, 3.05) is 41.9 Å². The molecule has 1 aromatic carbocycles. The van der Waals surface area contributed by atoms with Crippen LogP contribution >= 0.6 is 0 Å². The van der Waals surface area contributed by atoms with Crippen LogP contribution in [0.2, 0.25) is 0 Å². The van der Waals surface area contributed by atoms with Gasteiger partial charge in [0, 0.05) is 28.9 Å². The Morgan fingerprint density at radius 2 is 1.87 bits per heavy atom. The Kier molecular flexibility index (Phi) is 7.82. The second kappa shape index (κ2) is 11.6. The number of amides is 3. The third-order valence-electron chi connectivity index (χ3n) is 7.68. The number of pyridine rings is 2. The van der Waals surface area contributed by atoms with Crippen LogP contribution < -0.4 is 20.3 Å². The summed E-state index contributed by atoms with van der Waals surface area (Å²) in [5.74, 6) is -0.663. The molecule has 2 saturated heterocycles. The van der Waals surface area contributed by atoms with Crippen molar-refractivity contribution in [2.45, 2.75) is 52.1 Å². The van der Waals surface area contributed by atoms with Crippen molar-refractivity contribution in [3.8, 4) is 17.0 Å².